The summed E-state index contributed by atoms with van der Waals surface area (Å²) in [4.78, 5) is 33.2. The van der Waals surface area contributed by atoms with Crippen LogP contribution in [0.4, 0.5) is 0 Å². The summed E-state index contributed by atoms with van der Waals surface area (Å²) in [6, 6.07) is 0. The Labute approximate surface area is 81.9 Å². The predicted octanol–water partition coefficient (Wildman–Crippen LogP) is -0.944. The molecular formula is C8H14N2O4. The van der Waals surface area contributed by atoms with Crippen molar-refractivity contribution in [1.29, 1.82) is 0 Å². The summed E-state index contributed by atoms with van der Waals surface area (Å²) >= 11 is 0. The highest BCUT2D eigenvalue weighted by atomic mass is 16.4. The molecule has 0 fully saturated rings. The first kappa shape index (κ1) is 12.4. The lowest BCUT2D eigenvalue weighted by atomic mass is 10.3. The minimum Gasteiger partial charge on any atom is -0.481 e. The number of carbonyl (C=O) groups excluding carboxylic acids is 2. The number of aliphatic carboxylic acids is 1. The van der Waals surface area contributed by atoms with Gasteiger partial charge in [-0.2, -0.15) is 0 Å². The van der Waals surface area contributed by atoms with E-state index in [0.29, 0.717) is 6.42 Å². The third kappa shape index (κ3) is 5.13. The van der Waals surface area contributed by atoms with E-state index in [2.05, 4.69) is 5.32 Å². The van der Waals surface area contributed by atoms with Crippen molar-refractivity contribution in [3.63, 3.8) is 0 Å². The second kappa shape index (κ2) is 5.95. The van der Waals surface area contributed by atoms with Crippen molar-refractivity contribution < 1.29 is 19.5 Å². The molecule has 0 saturated carbocycles. The lowest BCUT2D eigenvalue weighted by molar-refractivity contribution is -0.144. The minimum absolute atomic E-state index is 0.0174. The second-order valence-corrected chi connectivity index (χ2v) is 2.95. The van der Waals surface area contributed by atoms with E-state index in [1.165, 1.54) is 14.1 Å². The molecule has 80 valence electrons. The number of rotatable bonds is 4. The van der Waals surface area contributed by atoms with Gasteiger partial charge in [-0.3, -0.25) is 14.4 Å². The van der Waals surface area contributed by atoms with Gasteiger partial charge in [0, 0.05) is 27.1 Å². The highest BCUT2D eigenvalue weighted by molar-refractivity contribution is 6.34. The fourth-order valence-corrected chi connectivity index (χ4v) is 0.720. The number of carboxylic acid groups (broad SMARTS) is 1. The van der Waals surface area contributed by atoms with Crippen molar-refractivity contribution in [3.05, 3.63) is 0 Å². The first-order valence-electron chi connectivity index (χ1n) is 4.16. The third-order valence-corrected chi connectivity index (χ3v) is 1.45. The van der Waals surface area contributed by atoms with E-state index in [1.54, 1.807) is 0 Å². The van der Waals surface area contributed by atoms with Crippen molar-refractivity contribution in [1.82, 2.24) is 10.2 Å². The third-order valence-electron chi connectivity index (χ3n) is 1.45. The van der Waals surface area contributed by atoms with Crippen molar-refractivity contribution >= 4 is 17.8 Å². The van der Waals surface area contributed by atoms with Crippen LogP contribution in [-0.4, -0.2) is 48.4 Å². The topological polar surface area (TPSA) is 86.7 Å². The lowest BCUT2D eigenvalue weighted by Crippen LogP contribution is -2.39. The molecule has 0 heterocycles. The number of amides is 2. The van der Waals surface area contributed by atoms with Crippen molar-refractivity contribution in [2.24, 2.45) is 0 Å². The molecule has 2 amide bonds. The molecule has 2 N–H and O–H groups in total. The first-order chi connectivity index (χ1) is 6.45. The van der Waals surface area contributed by atoms with Gasteiger partial charge in [0.25, 0.3) is 0 Å². The van der Waals surface area contributed by atoms with Crippen LogP contribution >= 0.6 is 0 Å². The van der Waals surface area contributed by atoms with Crippen LogP contribution in [0, 0.1) is 0 Å². The molecule has 0 bridgehead atoms. The van der Waals surface area contributed by atoms with Gasteiger partial charge in [-0.05, 0) is 6.42 Å². The Morgan fingerprint density at radius 1 is 1.29 bits per heavy atom. The maximum Gasteiger partial charge on any atom is 0.311 e. The molecule has 0 radical (unpaired) electrons. The van der Waals surface area contributed by atoms with E-state index < -0.39 is 17.8 Å². The molecule has 6 nitrogen and oxygen atoms in total. The fourth-order valence-electron chi connectivity index (χ4n) is 0.720. The maximum absolute atomic E-state index is 11.0. The molecule has 0 saturated heterocycles. The van der Waals surface area contributed by atoms with Crippen LogP contribution in [0.3, 0.4) is 0 Å². The van der Waals surface area contributed by atoms with E-state index in [9.17, 15) is 14.4 Å². The van der Waals surface area contributed by atoms with Gasteiger partial charge >= 0.3 is 17.8 Å². The van der Waals surface area contributed by atoms with Crippen LogP contribution in [-0.2, 0) is 14.4 Å². The van der Waals surface area contributed by atoms with Gasteiger partial charge in [0.15, 0.2) is 0 Å². The number of nitrogens with zero attached hydrogens (tertiary/aromatic N) is 1. The monoisotopic (exact) mass is 202 g/mol. The molecule has 0 atom stereocenters. The van der Waals surface area contributed by atoms with Crippen LogP contribution < -0.4 is 5.32 Å². The van der Waals surface area contributed by atoms with Gasteiger partial charge in [-0.15, -0.1) is 0 Å². The van der Waals surface area contributed by atoms with E-state index in [1.807, 2.05) is 0 Å². The van der Waals surface area contributed by atoms with Gasteiger partial charge in [0.2, 0.25) is 0 Å². The Morgan fingerprint density at radius 2 is 1.86 bits per heavy atom. The van der Waals surface area contributed by atoms with Crippen LogP contribution in [0.5, 0.6) is 0 Å². The highest BCUT2D eigenvalue weighted by Crippen LogP contribution is 1.86. The van der Waals surface area contributed by atoms with Crippen LogP contribution in [0.2, 0.25) is 0 Å². The summed E-state index contributed by atoms with van der Waals surface area (Å²) in [5.41, 5.74) is 0. The van der Waals surface area contributed by atoms with Gasteiger partial charge in [0.05, 0.1) is 0 Å². The Bertz CT molecular complexity index is 237. The average Bonchev–Trinajstić information content (AvgIpc) is 2.10. The Hall–Kier alpha value is -1.59. The summed E-state index contributed by atoms with van der Waals surface area (Å²) in [6.07, 6.45) is 0.304. The van der Waals surface area contributed by atoms with Crippen LogP contribution in [0.1, 0.15) is 12.8 Å². The molecule has 0 spiro atoms. The molecule has 14 heavy (non-hydrogen) atoms. The Kier molecular flexibility index (Phi) is 5.28. The molecule has 6 heteroatoms. The zero-order chi connectivity index (χ0) is 11.1. The molecule has 0 unspecified atom stereocenters. The number of nitrogens with one attached hydrogen (secondary N) is 1. The van der Waals surface area contributed by atoms with E-state index in [0.717, 1.165) is 4.90 Å². The predicted molar refractivity (Wildman–Crippen MR) is 48.6 cm³/mol. The van der Waals surface area contributed by atoms with Crippen LogP contribution in [0.15, 0.2) is 0 Å². The Morgan fingerprint density at radius 3 is 2.29 bits per heavy atom. The number of carboxylic acids is 1. The van der Waals surface area contributed by atoms with Crippen LogP contribution in [0.25, 0.3) is 0 Å². The molecule has 0 aliphatic carbocycles. The van der Waals surface area contributed by atoms with Gasteiger partial charge in [0.1, 0.15) is 0 Å². The minimum atomic E-state index is -0.918. The quantitative estimate of drug-likeness (QED) is 0.455. The van der Waals surface area contributed by atoms with E-state index in [4.69, 9.17) is 5.11 Å². The number of hydrogen-bond donors (Lipinski definition) is 2. The zero-order valence-corrected chi connectivity index (χ0v) is 8.24. The Balaban J connectivity index is 3.64. The summed E-state index contributed by atoms with van der Waals surface area (Å²) in [5, 5.41) is 10.6. The summed E-state index contributed by atoms with van der Waals surface area (Å²) in [5.74, 6) is -2.26. The average molecular weight is 202 g/mol. The van der Waals surface area contributed by atoms with E-state index >= 15 is 0 Å². The van der Waals surface area contributed by atoms with Gasteiger partial charge < -0.3 is 15.3 Å². The van der Waals surface area contributed by atoms with Crippen molar-refractivity contribution in [3.8, 4) is 0 Å². The number of carbonyl (C=O) groups is 3. The molecule has 0 aliphatic heterocycles. The lowest BCUT2D eigenvalue weighted by Gasteiger charge is -2.09. The highest BCUT2D eigenvalue weighted by Gasteiger charge is 2.14. The molecule has 0 aromatic rings. The summed E-state index contributed by atoms with van der Waals surface area (Å²) in [6.45, 7) is 0.199. The smallest absolute Gasteiger partial charge is 0.311 e. The van der Waals surface area contributed by atoms with Gasteiger partial charge in [-0.25, -0.2) is 0 Å². The largest absolute Gasteiger partial charge is 0.481 e. The number of likely N-dealkylation sites (N-methyl/N-ethyl adjacent to an activating group) is 1. The maximum atomic E-state index is 11.0. The first-order valence-corrected chi connectivity index (χ1v) is 4.16. The normalized spacial score (nSPS) is 9.29. The SMILES string of the molecule is CN(C)C(=O)C(=O)NCCCC(=O)O. The number of hydrogen-bond acceptors (Lipinski definition) is 3. The standard InChI is InChI=1S/C8H14N2O4/c1-10(2)8(14)7(13)9-5-3-4-6(11)12/h3-5H2,1-2H3,(H,9,13)(H,11,12). The molecule has 0 aromatic heterocycles. The van der Waals surface area contributed by atoms with Crippen molar-refractivity contribution in [2.45, 2.75) is 12.8 Å². The zero-order valence-electron chi connectivity index (χ0n) is 8.24. The molecule has 0 aliphatic rings. The summed E-state index contributed by atoms with van der Waals surface area (Å²) < 4.78 is 0. The molecule has 0 rings (SSSR count). The van der Waals surface area contributed by atoms with Gasteiger partial charge in [-0.1, -0.05) is 0 Å². The van der Waals surface area contributed by atoms with E-state index in [-0.39, 0.29) is 13.0 Å². The summed E-state index contributed by atoms with van der Waals surface area (Å²) in [7, 11) is 2.94. The fraction of sp³-hybridized carbons (Fsp3) is 0.625. The van der Waals surface area contributed by atoms with Crippen molar-refractivity contribution in [2.75, 3.05) is 20.6 Å². The second-order valence-electron chi connectivity index (χ2n) is 2.95. The molecular weight excluding hydrogens is 188 g/mol. The molecule has 0 aromatic carbocycles.